The molecule has 11 rings (SSSR count). The molecule has 0 saturated carbocycles. The van der Waals surface area contributed by atoms with E-state index in [0.29, 0.717) is 17.5 Å². The maximum Gasteiger partial charge on any atom is 0.301 e. The standard InChI is InChI=1S/C45H26N5/c1-5-14-32-26(9-1)18-19-30-23-36(38-24-46-25-39(38)41(30)32)44-48-43(35-16-7-12-29-21-27-10-3-6-15-33(27)40(29)35)49-45(50-44)37-22-28-11-2-4-13-31(28)34-17-8-20-47-42(34)37/h1-20,22-25H,21H2/q+1. The lowest BCUT2D eigenvalue weighted by molar-refractivity contribution is 1.08. The number of hydrogen-bond acceptors (Lipinski definition) is 4. The van der Waals surface area contributed by atoms with Crippen molar-refractivity contribution in [1.82, 2.24) is 24.6 Å². The van der Waals surface area contributed by atoms with Crippen LogP contribution in [0.1, 0.15) is 22.3 Å². The molecule has 1 aliphatic heterocycles. The van der Waals surface area contributed by atoms with Crippen LogP contribution < -0.4 is 4.67 Å². The molecule has 0 amide bonds. The van der Waals surface area contributed by atoms with Gasteiger partial charge in [-0.2, -0.15) is 0 Å². The smallest absolute Gasteiger partial charge is 0.255 e. The molecule has 230 valence electrons. The topological polar surface area (TPSA) is 65.7 Å². The molecule has 1 aliphatic carbocycles. The highest BCUT2D eigenvalue weighted by atomic mass is 15.0. The van der Waals surface area contributed by atoms with Crippen molar-refractivity contribution < 1.29 is 0 Å². The molecule has 2 aliphatic rings. The summed E-state index contributed by atoms with van der Waals surface area (Å²) in [5.41, 5.74) is 10.8. The van der Waals surface area contributed by atoms with Crippen molar-refractivity contribution in [3.63, 3.8) is 0 Å². The summed E-state index contributed by atoms with van der Waals surface area (Å²) in [7, 11) is 0. The normalized spacial score (nSPS) is 12.6. The van der Waals surface area contributed by atoms with E-state index in [-0.39, 0.29) is 0 Å². The summed E-state index contributed by atoms with van der Waals surface area (Å²) in [6.45, 7) is 0. The summed E-state index contributed by atoms with van der Waals surface area (Å²) in [6, 6.07) is 45.0. The highest BCUT2D eigenvalue weighted by Gasteiger charge is 2.28. The third kappa shape index (κ3) is 3.93. The largest absolute Gasteiger partial charge is 0.301 e. The van der Waals surface area contributed by atoms with E-state index in [9.17, 15) is 0 Å². The van der Waals surface area contributed by atoms with Gasteiger partial charge in [-0.25, -0.2) is 15.0 Å². The molecule has 9 aromatic rings. The maximum atomic E-state index is 5.32. The monoisotopic (exact) mass is 636 g/mol. The van der Waals surface area contributed by atoms with Gasteiger partial charge in [0.1, 0.15) is 0 Å². The first-order valence-corrected chi connectivity index (χ1v) is 16.9. The number of rotatable bonds is 3. The van der Waals surface area contributed by atoms with Crippen molar-refractivity contribution in [3.8, 4) is 45.3 Å². The number of benzene rings is 7. The fourth-order valence-electron chi connectivity index (χ4n) is 8.08. The van der Waals surface area contributed by atoms with E-state index in [0.717, 1.165) is 61.3 Å². The first kappa shape index (κ1) is 27.2. The Bertz CT molecular complexity index is 3010. The van der Waals surface area contributed by atoms with Crippen LogP contribution in [0.3, 0.4) is 0 Å². The van der Waals surface area contributed by atoms with E-state index in [4.69, 9.17) is 19.9 Å². The molecular formula is C45H26N5+. The van der Waals surface area contributed by atoms with Crippen molar-refractivity contribution in [2.24, 2.45) is 0 Å². The van der Waals surface area contributed by atoms with E-state index in [1.807, 2.05) is 24.7 Å². The SMILES string of the molecule is C1=[N+]=Cc2c1c(-c1nc(-c3cccc4c3-c3ccccc3C4)nc(-c3cc4ccccc4c4cccnc34)n1)cc1ccc3ccccc3c21. The summed E-state index contributed by atoms with van der Waals surface area (Å²) in [6.07, 6.45) is 6.65. The van der Waals surface area contributed by atoms with Crippen LogP contribution in [-0.4, -0.2) is 32.4 Å². The lowest BCUT2D eigenvalue weighted by atomic mass is 9.91. The minimum absolute atomic E-state index is 0.592. The van der Waals surface area contributed by atoms with Crippen molar-refractivity contribution in [1.29, 1.82) is 0 Å². The zero-order valence-electron chi connectivity index (χ0n) is 26.8. The van der Waals surface area contributed by atoms with Crippen molar-refractivity contribution >= 4 is 55.6 Å². The Morgan fingerprint density at radius 1 is 0.460 bits per heavy atom. The van der Waals surface area contributed by atoms with Gasteiger partial charge < -0.3 is 0 Å². The minimum Gasteiger partial charge on any atom is -0.255 e. The van der Waals surface area contributed by atoms with Crippen LogP contribution >= 0.6 is 0 Å². The maximum absolute atomic E-state index is 5.32. The van der Waals surface area contributed by atoms with Gasteiger partial charge in [0.2, 0.25) is 0 Å². The Labute approximate surface area is 287 Å². The molecule has 0 radical (unpaired) electrons. The number of fused-ring (bicyclic) bond motifs is 11. The summed E-state index contributed by atoms with van der Waals surface area (Å²) in [5.74, 6) is 1.84. The highest BCUT2D eigenvalue weighted by Crippen LogP contribution is 2.43. The van der Waals surface area contributed by atoms with Gasteiger partial charge in [0.15, 0.2) is 17.5 Å². The van der Waals surface area contributed by atoms with Crippen LogP contribution in [0.5, 0.6) is 0 Å². The minimum atomic E-state index is 0.592. The van der Waals surface area contributed by atoms with Crippen molar-refractivity contribution in [2.75, 3.05) is 0 Å². The van der Waals surface area contributed by atoms with Gasteiger partial charge in [-0.3, -0.25) is 4.98 Å². The molecular weight excluding hydrogens is 611 g/mol. The summed E-state index contributed by atoms with van der Waals surface area (Å²) in [5, 5.41) is 8.05. The number of hydrogen-bond donors (Lipinski definition) is 0. The Morgan fingerprint density at radius 3 is 2.04 bits per heavy atom. The summed E-state index contributed by atoms with van der Waals surface area (Å²) >= 11 is 0. The Balaban J connectivity index is 1.23. The van der Waals surface area contributed by atoms with E-state index in [2.05, 4.69) is 126 Å². The van der Waals surface area contributed by atoms with Gasteiger partial charge in [-0.15, -0.1) is 0 Å². The zero-order chi connectivity index (χ0) is 32.8. The summed E-state index contributed by atoms with van der Waals surface area (Å²) in [4.78, 5) is 20.8. The molecule has 0 N–H and O–H groups in total. The molecule has 7 aromatic carbocycles. The molecule has 3 heterocycles. The second-order valence-electron chi connectivity index (χ2n) is 13.1. The van der Waals surface area contributed by atoms with Crippen LogP contribution in [0, 0.1) is 0 Å². The fraction of sp³-hybridized carbons (Fsp3) is 0.0222. The van der Waals surface area contributed by atoms with Gasteiger partial charge in [-0.05, 0) is 73.8 Å². The molecule has 0 saturated heterocycles. The van der Waals surface area contributed by atoms with E-state index >= 15 is 0 Å². The van der Waals surface area contributed by atoms with Gasteiger partial charge in [0.25, 0.3) is 0 Å². The van der Waals surface area contributed by atoms with E-state index < -0.39 is 0 Å². The van der Waals surface area contributed by atoms with Crippen molar-refractivity contribution in [2.45, 2.75) is 6.42 Å². The Kier molecular flexibility index (Phi) is 5.62. The molecule has 5 nitrogen and oxygen atoms in total. The molecule has 5 heteroatoms. The van der Waals surface area contributed by atoms with Crippen molar-refractivity contribution in [3.05, 3.63) is 156 Å². The quantitative estimate of drug-likeness (QED) is 0.143. The van der Waals surface area contributed by atoms with Gasteiger partial charge in [0, 0.05) is 33.7 Å². The van der Waals surface area contributed by atoms with Gasteiger partial charge >= 0.3 is 12.4 Å². The lowest BCUT2D eigenvalue weighted by Crippen LogP contribution is -2.04. The molecule has 0 spiro atoms. The molecule has 0 atom stereocenters. The zero-order valence-corrected chi connectivity index (χ0v) is 26.8. The lowest BCUT2D eigenvalue weighted by Gasteiger charge is -2.15. The Morgan fingerprint density at radius 2 is 1.12 bits per heavy atom. The van der Waals surface area contributed by atoms with Crippen LogP contribution in [0.4, 0.5) is 0 Å². The molecule has 50 heavy (non-hydrogen) atoms. The number of aromatic nitrogens is 4. The Hall–Kier alpha value is -6.81. The third-order valence-electron chi connectivity index (χ3n) is 10.3. The second kappa shape index (κ2) is 10.3. The first-order chi connectivity index (χ1) is 24.8. The van der Waals surface area contributed by atoms with Crippen LogP contribution in [0.2, 0.25) is 0 Å². The van der Waals surface area contributed by atoms with Crippen LogP contribution in [0.15, 0.2) is 134 Å². The van der Waals surface area contributed by atoms with Gasteiger partial charge in [0.05, 0.1) is 16.6 Å². The molecule has 0 bridgehead atoms. The molecule has 2 aromatic heterocycles. The van der Waals surface area contributed by atoms with Gasteiger partial charge in [-0.1, -0.05) is 114 Å². The highest BCUT2D eigenvalue weighted by molar-refractivity contribution is 6.22. The van der Waals surface area contributed by atoms with E-state index in [1.54, 1.807) is 0 Å². The fourth-order valence-corrected chi connectivity index (χ4v) is 8.08. The van der Waals surface area contributed by atoms with Crippen LogP contribution in [-0.2, 0) is 6.42 Å². The molecule has 0 fully saturated rings. The van der Waals surface area contributed by atoms with Crippen LogP contribution in [0.25, 0.3) is 88.5 Å². The summed E-state index contributed by atoms with van der Waals surface area (Å²) < 4.78 is 4.67. The average Bonchev–Trinajstić information content (AvgIpc) is 3.82. The predicted octanol–water partition coefficient (Wildman–Crippen LogP) is 9.37. The third-order valence-corrected chi connectivity index (χ3v) is 10.3. The van der Waals surface area contributed by atoms with E-state index in [1.165, 1.54) is 38.4 Å². The number of pyridine rings is 1. The second-order valence-corrected chi connectivity index (χ2v) is 13.1. The average molecular weight is 637 g/mol. The molecule has 0 unspecified atom stereocenters. The predicted molar refractivity (Wildman–Crippen MR) is 205 cm³/mol. The first-order valence-electron chi connectivity index (χ1n) is 16.9. The number of nitrogens with zero attached hydrogens (tertiary/aromatic N) is 5.